The van der Waals surface area contributed by atoms with Gasteiger partial charge in [0.15, 0.2) is 9.84 Å². The van der Waals surface area contributed by atoms with Gasteiger partial charge in [-0.05, 0) is 51.7 Å². The fourth-order valence-electron chi connectivity index (χ4n) is 2.20. The van der Waals surface area contributed by atoms with Crippen molar-refractivity contribution in [2.75, 3.05) is 12.3 Å². The van der Waals surface area contributed by atoms with E-state index in [0.717, 1.165) is 6.54 Å². The molecule has 1 aliphatic carbocycles. The molecule has 0 atom stereocenters. The Morgan fingerprint density at radius 2 is 2.05 bits per heavy atom. The SMILES string of the molecule is CC(C)(C)S(=O)(=O)CCNCc1cc2c(s1)CCC2. The Bertz CT molecular complexity index is 517. The van der Waals surface area contributed by atoms with Gasteiger partial charge in [-0.15, -0.1) is 11.3 Å². The van der Waals surface area contributed by atoms with E-state index >= 15 is 0 Å². The van der Waals surface area contributed by atoms with Gasteiger partial charge in [-0.25, -0.2) is 8.42 Å². The van der Waals surface area contributed by atoms with Crippen LogP contribution in [0.15, 0.2) is 6.07 Å². The van der Waals surface area contributed by atoms with Crippen molar-refractivity contribution in [3.63, 3.8) is 0 Å². The van der Waals surface area contributed by atoms with Crippen molar-refractivity contribution >= 4 is 21.2 Å². The van der Waals surface area contributed by atoms with E-state index in [-0.39, 0.29) is 5.75 Å². The van der Waals surface area contributed by atoms with E-state index in [1.165, 1.54) is 34.6 Å². The predicted molar refractivity (Wildman–Crippen MR) is 81.6 cm³/mol. The lowest BCUT2D eigenvalue weighted by atomic mass is 10.2. The summed E-state index contributed by atoms with van der Waals surface area (Å²) in [5.41, 5.74) is 1.50. The number of fused-ring (bicyclic) bond motifs is 1. The molecule has 1 heterocycles. The van der Waals surface area contributed by atoms with Crippen LogP contribution in [0.3, 0.4) is 0 Å². The topological polar surface area (TPSA) is 46.2 Å². The first-order valence-electron chi connectivity index (χ1n) is 6.83. The fourth-order valence-corrected chi connectivity index (χ4v) is 4.46. The maximum Gasteiger partial charge on any atom is 0.156 e. The number of nitrogens with one attached hydrogen (secondary N) is 1. The van der Waals surface area contributed by atoms with Gasteiger partial charge in [-0.3, -0.25) is 0 Å². The average molecular weight is 301 g/mol. The third-order valence-electron chi connectivity index (χ3n) is 3.58. The molecule has 5 heteroatoms. The minimum Gasteiger partial charge on any atom is -0.311 e. The zero-order valence-corrected chi connectivity index (χ0v) is 13.6. The fraction of sp³-hybridized carbons (Fsp3) is 0.714. The summed E-state index contributed by atoms with van der Waals surface area (Å²) >= 11 is 1.87. The van der Waals surface area contributed by atoms with Gasteiger partial charge in [0.25, 0.3) is 0 Å². The molecule has 19 heavy (non-hydrogen) atoms. The standard InChI is InChI=1S/C14H23NO2S2/c1-14(2,3)19(16,17)8-7-15-10-12-9-11-5-4-6-13(11)18-12/h9,15H,4-8,10H2,1-3H3. The first-order valence-corrected chi connectivity index (χ1v) is 9.30. The molecule has 108 valence electrons. The first kappa shape index (κ1) is 15.0. The Kier molecular flexibility index (Phi) is 4.38. The minimum atomic E-state index is -3.01. The van der Waals surface area contributed by atoms with Crippen LogP contribution in [0, 0.1) is 0 Å². The Balaban J connectivity index is 1.78. The highest BCUT2D eigenvalue weighted by Gasteiger charge is 2.28. The summed E-state index contributed by atoms with van der Waals surface area (Å²) in [6, 6.07) is 2.28. The molecule has 0 fully saturated rings. The molecule has 1 N–H and O–H groups in total. The summed E-state index contributed by atoms with van der Waals surface area (Å²) in [5.74, 6) is 0.210. The van der Waals surface area contributed by atoms with Gasteiger partial charge in [0, 0.05) is 22.8 Å². The molecule has 0 spiro atoms. The number of rotatable bonds is 5. The van der Waals surface area contributed by atoms with E-state index in [0.29, 0.717) is 6.54 Å². The Labute approximate surface area is 120 Å². The van der Waals surface area contributed by atoms with Gasteiger partial charge in [-0.1, -0.05) is 0 Å². The summed E-state index contributed by atoms with van der Waals surface area (Å²) in [7, 11) is -3.01. The van der Waals surface area contributed by atoms with Crippen molar-refractivity contribution in [3.8, 4) is 0 Å². The number of sulfone groups is 1. The first-order chi connectivity index (χ1) is 8.79. The molecule has 1 aliphatic rings. The Morgan fingerprint density at radius 1 is 1.32 bits per heavy atom. The average Bonchev–Trinajstić information content (AvgIpc) is 2.82. The van der Waals surface area contributed by atoms with Gasteiger partial charge >= 0.3 is 0 Å². The zero-order valence-electron chi connectivity index (χ0n) is 12.0. The lowest BCUT2D eigenvalue weighted by molar-refractivity contribution is 0.556. The van der Waals surface area contributed by atoms with Crippen LogP contribution in [-0.4, -0.2) is 25.5 Å². The van der Waals surface area contributed by atoms with Crippen LogP contribution in [0.2, 0.25) is 0 Å². The van der Waals surface area contributed by atoms with Crippen molar-refractivity contribution in [2.24, 2.45) is 0 Å². The molecule has 1 aromatic heterocycles. The third-order valence-corrected chi connectivity index (χ3v) is 7.42. The smallest absolute Gasteiger partial charge is 0.156 e. The van der Waals surface area contributed by atoms with E-state index in [2.05, 4.69) is 11.4 Å². The lowest BCUT2D eigenvalue weighted by Crippen LogP contribution is -2.34. The molecule has 0 saturated carbocycles. The van der Waals surface area contributed by atoms with Crippen LogP contribution < -0.4 is 5.32 Å². The molecular weight excluding hydrogens is 278 g/mol. The largest absolute Gasteiger partial charge is 0.311 e. The van der Waals surface area contributed by atoms with Crippen molar-refractivity contribution in [1.82, 2.24) is 5.32 Å². The van der Waals surface area contributed by atoms with E-state index < -0.39 is 14.6 Å². The molecule has 0 amide bonds. The van der Waals surface area contributed by atoms with E-state index in [9.17, 15) is 8.42 Å². The molecule has 0 aliphatic heterocycles. The van der Waals surface area contributed by atoms with E-state index in [1.807, 2.05) is 11.3 Å². The molecule has 1 aromatic rings. The van der Waals surface area contributed by atoms with Crippen LogP contribution in [0.25, 0.3) is 0 Å². The molecular formula is C14H23NO2S2. The summed E-state index contributed by atoms with van der Waals surface area (Å²) in [5, 5.41) is 3.25. The molecule has 0 aromatic carbocycles. The molecule has 0 unspecified atom stereocenters. The second kappa shape index (κ2) is 5.54. The highest BCUT2D eigenvalue weighted by molar-refractivity contribution is 7.92. The van der Waals surface area contributed by atoms with Crippen molar-refractivity contribution in [3.05, 3.63) is 21.4 Å². The Morgan fingerprint density at radius 3 is 2.68 bits per heavy atom. The summed E-state index contributed by atoms with van der Waals surface area (Å²) in [4.78, 5) is 2.86. The van der Waals surface area contributed by atoms with E-state index in [4.69, 9.17) is 0 Å². The van der Waals surface area contributed by atoms with Crippen LogP contribution >= 0.6 is 11.3 Å². The van der Waals surface area contributed by atoms with Crippen LogP contribution in [0.5, 0.6) is 0 Å². The summed E-state index contributed by atoms with van der Waals surface area (Å²) < 4.78 is 23.2. The number of aryl methyl sites for hydroxylation is 2. The number of thiophene rings is 1. The molecule has 0 bridgehead atoms. The highest BCUT2D eigenvalue weighted by Crippen LogP contribution is 2.30. The second-order valence-corrected chi connectivity index (χ2v) is 10.2. The summed E-state index contributed by atoms with van der Waals surface area (Å²) in [6.07, 6.45) is 3.72. The van der Waals surface area contributed by atoms with Gasteiger partial charge < -0.3 is 5.32 Å². The van der Waals surface area contributed by atoms with Crippen LogP contribution in [0.1, 0.15) is 42.5 Å². The Hall–Kier alpha value is -0.390. The molecule has 2 rings (SSSR count). The zero-order chi connectivity index (χ0) is 14.1. The lowest BCUT2D eigenvalue weighted by Gasteiger charge is -2.19. The van der Waals surface area contributed by atoms with E-state index in [1.54, 1.807) is 20.8 Å². The van der Waals surface area contributed by atoms with Crippen molar-refractivity contribution in [2.45, 2.75) is 51.3 Å². The number of hydrogen-bond acceptors (Lipinski definition) is 4. The monoisotopic (exact) mass is 301 g/mol. The normalized spacial score (nSPS) is 15.7. The molecule has 0 radical (unpaired) electrons. The van der Waals surface area contributed by atoms with Crippen molar-refractivity contribution in [1.29, 1.82) is 0 Å². The van der Waals surface area contributed by atoms with Gasteiger partial charge in [-0.2, -0.15) is 0 Å². The quantitative estimate of drug-likeness (QED) is 0.850. The predicted octanol–water partition coefficient (Wildman–Crippen LogP) is 2.54. The maximum absolute atomic E-state index is 11.9. The third kappa shape index (κ3) is 3.58. The molecule has 3 nitrogen and oxygen atoms in total. The van der Waals surface area contributed by atoms with Crippen LogP contribution in [-0.2, 0) is 29.2 Å². The van der Waals surface area contributed by atoms with Gasteiger partial charge in [0.2, 0.25) is 0 Å². The minimum absolute atomic E-state index is 0.210. The maximum atomic E-state index is 11.9. The highest BCUT2D eigenvalue weighted by atomic mass is 32.2. The molecule has 0 saturated heterocycles. The summed E-state index contributed by atoms with van der Waals surface area (Å²) in [6.45, 7) is 6.59. The number of hydrogen-bond donors (Lipinski definition) is 1. The van der Waals surface area contributed by atoms with Gasteiger partial charge in [0.05, 0.1) is 10.5 Å². The van der Waals surface area contributed by atoms with Crippen LogP contribution in [0.4, 0.5) is 0 Å². The van der Waals surface area contributed by atoms with Gasteiger partial charge in [0.1, 0.15) is 0 Å². The van der Waals surface area contributed by atoms with Crippen molar-refractivity contribution < 1.29 is 8.42 Å². The second-order valence-electron chi connectivity index (χ2n) is 6.12.